The molecule has 0 bridgehead atoms. The minimum absolute atomic E-state index is 0.181. The zero-order chi connectivity index (χ0) is 16.5. The van der Waals surface area contributed by atoms with Gasteiger partial charge < -0.3 is 0 Å². The average Bonchev–Trinajstić information content (AvgIpc) is 2.46. The number of Topliss-reactive ketones (excluding diaryl/α,β-unsaturated/α-hetero) is 1. The fraction of sp³-hybridized carbons (Fsp3) is 0.188. The van der Waals surface area contributed by atoms with Crippen LogP contribution in [0, 0.1) is 6.92 Å². The second kappa shape index (κ2) is 5.51. The molecule has 0 aliphatic carbocycles. The Kier molecular flexibility index (Phi) is 4.04. The molecule has 0 atom stereocenters. The molecule has 6 heteroatoms. The van der Waals surface area contributed by atoms with Crippen LogP contribution < -0.4 is 0 Å². The van der Waals surface area contributed by atoms with Crippen molar-refractivity contribution in [2.24, 2.45) is 0 Å². The van der Waals surface area contributed by atoms with Crippen molar-refractivity contribution < 1.29 is 26.7 Å². The lowest BCUT2D eigenvalue weighted by atomic mass is 9.95. The molecular formula is C16H11F5O. The molecule has 0 aliphatic heterocycles. The molecule has 2 aromatic carbocycles. The monoisotopic (exact) mass is 314 g/mol. The molecule has 0 aliphatic rings. The molecule has 22 heavy (non-hydrogen) atoms. The fourth-order valence-corrected chi connectivity index (χ4v) is 2.02. The molecular weight excluding hydrogens is 303 g/mol. The molecule has 0 saturated heterocycles. The van der Waals surface area contributed by atoms with Gasteiger partial charge in [-0.1, -0.05) is 42.5 Å². The van der Waals surface area contributed by atoms with Crippen LogP contribution in [0.3, 0.4) is 0 Å². The van der Waals surface area contributed by atoms with Crippen molar-refractivity contribution >= 4 is 5.78 Å². The minimum atomic E-state index is -4.76. The SMILES string of the molecule is Cc1ccc(C(F)(F)C(=O)c2ccccc2)cc1C(F)(F)F. The van der Waals surface area contributed by atoms with Crippen LogP contribution in [0.15, 0.2) is 48.5 Å². The van der Waals surface area contributed by atoms with E-state index in [-0.39, 0.29) is 11.1 Å². The number of carbonyl (C=O) groups excluding carboxylic acids is 1. The fourth-order valence-electron chi connectivity index (χ4n) is 2.02. The number of carbonyl (C=O) groups is 1. The summed E-state index contributed by atoms with van der Waals surface area (Å²) in [6.45, 7) is 1.17. The Morgan fingerprint density at radius 2 is 1.50 bits per heavy atom. The largest absolute Gasteiger partial charge is 0.416 e. The first-order valence-electron chi connectivity index (χ1n) is 6.30. The van der Waals surface area contributed by atoms with Crippen LogP contribution >= 0.6 is 0 Å². The first kappa shape index (κ1) is 16.1. The number of benzene rings is 2. The maximum absolute atomic E-state index is 14.2. The van der Waals surface area contributed by atoms with Crippen molar-refractivity contribution in [2.45, 2.75) is 19.0 Å². The van der Waals surface area contributed by atoms with E-state index in [0.717, 1.165) is 12.1 Å². The molecule has 0 radical (unpaired) electrons. The van der Waals surface area contributed by atoms with E-state index in [2.05, 4.69) is 0 Å². The second-order valence-corrected chi connectivity index (χ2v) is 4.80. The Labute approximate surface area is 123 Å². The first-order valence-corrected chi connectivity index (χ1v) is 6.30. The summed E-state index contributed by atoms with van der Waals surface area (Å²) < 4.78 is 66.9. The summed E-state index contributed by atoms with van der Waals surface area (Å²) in [5.74, 6) is -5.57. The molecule has 0 spiro atoms. The van der Waals surface area contributed by atoms with Gasteiger partial charge in [-0.3, -0.25) is 4.79 Å². The van der Waals surface area contributed by atoms with E-state index in [9.17, 15) is 26.7 Å². The van der Waals surface area contributed by atoms with E-state index >= 15 is 0 Å². The number of halogens is 5. The van der Waals surface area contributed by atoms with E-state index in [1.54, 1.807) is 6.07 Å². The molecule has 0 saturated carbocycles. The predicted octanol–water partition coefficient (Wildman–Crippen LogP) is 4.99. The van der Waals surface area contributed by atoms with Gasteiger partial charge in [0.15, 0.2) is 0 Å². The normalized spacial score (nSPS) is 12.3. The van der Waals surface area contributed by atoms with Crippen LogP contribution in [0.25, 0.3) is 0 Å². The highest BCUT2D eigenvalue weighted by Gasteiger charge is 2.43. The Hall–Kier alpha value is -2.24. The van der Waals surface area contributed by atoms with Gasteiger partial charge in [-0.25, -0.2) is 0 Å². The van der Waals surface area contributed by atoms with E-state index in [1.807, 2.05) is 0 Å². The van der Waals surface area contributed by atoms with Crippen LogP contribution in [0.2, 0.25) is 0 Å². The second-order valence-electron chi connectivity index (χ2n) is 4.80. The van der Waals surface area contributed by atoms with Gasteiger partial charge >= 0.3 is 12.1 Å². The molecule has 0 N–H and O–H groups in total. The summed E-state index contributed by atoms with van der Waals surface area (Å²) in [4.78, 5) is 11.9. The summed E-state index contributed by atoms with van der Waals surface area (Å²) in [5.41, 5.74) is -2.59. The van der Waals surface area contributed by atoms with Crippen LogP contribution in [0.5, 0.6) is 0 Å². The Morgan fingerprint density at radius 3 is 2.05 bits per heavy atom. The van der Waals surface area contributed by atoms with Crippen LogP contribution in [-0.4, -0.2) is 5.78 Å². The summed E-state index contributed by atoms with van der Waals surface area (Å²) >= 11 is 0. The van der Waals surface area contributed by atoms with Gasteiger partial charge in [0.2, 0.25) is 5.78 Å². The van der Waals surface area contributed by atoms with Gasteiger partial charge in [0.05, 0.1) is 5.56 Å². The van der Waals surface area contributed by atoms with Crippen molar-refractivity contribution in [1.82, 2.24) is 0 Å². The first-order chi connectivity index (χ1) is 10.1. The van der Waals surface area contributed by atoms with Crippen molar-refractivity contribution in [2.75, 3.05) is 0 Å². The molecule has 0 aromatic heterocycles. The van der Waals surface area contributed by atoms with Crippen molar-refractivity contribution in [1.29, 1.82) is 0 Å². The lowest BCUT2D eigenvalue weighted by Gasteiger charge is -2.18. The smallest absolute Gasteiger partial charge is 0.287 e. The number of alkyl halides is 5. The predicted molar refractivity (Wildman–Crippen MR) is 70.8 cm³/mol. The topological polar surface area (TPSA) is 17.1 Å². The average molecular weight is 314 g/mol. The molecule has 0 amide bonds. The number of ketones is 1. The molecule has 116 valence electrons. The van der Waals surface area contributed by atoms with E-state index in [0.29, 0.717) is 6.07 Å². The van der Waals surface area contributed by atoms with Gasteiger partial charge in [0.1, 0.15) is 0 Å². The van der Waals surface area contributed by atoms with Crippen molar-refractivity contribution in [3.8, 4) is 0 Å². The molecule has 0 fully saturated rings. The van der Waals surface area contributed by atoms with E-state index in [1.165, 1.54) is 31.2 Å². The van der Waals surface area contributed by atoms with Crippen LogP contribution in [0.1, 0.15) is 27.0 Å². The Morgan fingerprint density at radius 1 is 0.909 bits per heavy atom. The summed E-state index contributed by atoms with van der Waals surface area (Å²) in [6, 6.07) is 8.83. The molecule has 2 aromatic rings. The van der Waals surface area contributed by atoms with Gasteiger partial charge in [0, 0.05) is 11.1 Å². The Bertz CT molecular complexity index is 689. The lowest BCUT2D eigenvalue weighted by Crippen LogP contribution is -2.26. The zero-order valence-corrected chi connectivity index (χ0v) is 11.4. The highest BCUT2D eigenvalue weighted by Crippen LogP contribution is 2.37. The maximum Gasteiger partial charge on any atom is 0.416 e. The molecule has 2 rings (SSSR count). The summed E-state index contributed by atoms with van der Waals surface area (Å²) in [7, 11) is 0. The standard InChI is InChI=1S/C16H11F5O/c1-10-7-8-12(9-13(10)16(19,20)21)15(17,18)14(22)11-5-3-2-4-6-11/h2-9H,1H3. The van der Waals surface area contributed by atoms with Crippen molar-refractivity contribution in [3.63, 3.8) is 0 Å². The molecule has 0 unspecified atom stereocenters. The Balaban J connectivity index is 2.48. The van der Waals surface area contributed by atoms with Gasteiger partial charge in [-0.2, -0.15) is 22.0 Å². The maximum atomic E-state index is 14.2. The van der Waals surface area contributed by atoms with Gasteiger partial charge in [-0.05, 0) is 18.6 Å². The number of aryl methyl sites for hydroxylation is 1. The van der Waals surface area contributed by atoms with E-state index < -0.39 is 29.0 Å². The number of hydrogen-bond acceptors (Lipinski definition) is 1. The van der Waals surface area contributed by atoms with Gasteiger partial charge in [-0.15, -0.1) is 0 Å². The highest BCUT2D eigenvalue weighted by atomic mass is 19.4. The number of hydrogen-bond donors (Lipinski definition) is 0. The minimum Gasteiger partial charge on any atom is -0.287 e. The zero-order valence-electron chi connectivity index (χ0n) is 11.4. The van der Waals surface area contributed by atoms with Crippen LogP contribution in [0.4, 0.5) is 22.0 Å². The number of rotatable bonds is 3. The quantitative estimate of drug-likeness (QED) is 0.576. The van der Waals surface area contributed by atoms with Crippen LogP contribution in [-0.2, 0) is 12.1 Å². The van der Waals surface area contributed by atoms with E-state index in [4.69, 9.17) is 0 Å². The lowest BCUT2D eigenvalue weighted by molar-refractivity contribution is -0.138. The summed E-state index contributed by atoms with van der Waals surface area (Å²) in [5, 5.41) is 0. The molecule has 0 heterocycles. The van der Waals surface area contributed by atoms with Crippen molar-refractivity contribution in [3.05, 3.63) is 70.8 Å². The highest BCUT2D eigenvalue weighted by molar-refractivity contribution is 6.01. The third-order valence-electron chi connectivity index (χ3n) is 3.23. The van der Waals surface area contributed by atoms with Gasteiger partial charge in [0.25, 0.3) is 0 Å². The third-order valence-corrected chi connectivity index (χ3v) is 3.23. The third kappa shape index (κ3) is 3.00. The summed E-state index contributed by atoms with van der Waals surface area (Å²) in [6.07, 6.45) is -4.76. The molecule has 1 nitrogen and oxygen atoms in total.